The van der Waals surface area contributed by atoms with Gasteiger partial charge in [-0.25, -0.2) is 21.2 Å². The summed E-state index contributed by atoms with van der Waals surface area (Å²) in [5, 5.41) is 1.46. The SMILES string of the molecule is CCc1ccc2ncc(S(=O)(=O)c3ccc(OC)cc3)c(N3CCC(C)CC3)c2c1.Cc1ccc(S(=O)(=O)c2cnc3ccc(F)cc3c2N2CCC(C)CC2)cc1. The Morgan fingerprint density at radius 2 is 1.10 bits per heavy atom. The molecule has 12 heteroatoms. The largest absolute Gasteiger partial charge is 0.497 e. The Labute approximate surface area is 341 Å². The molecule has 2 aliphatic rings. The molecule has 2 aromatic heterocycles. The van der Waals surface area contributed by atoms with E-state index in [4.69, 9.17) is 4.74 Å². The lowest BCUT2D eigenvalue weighted by atomic mass is 9.98. The number of nitrogens with zero attached hydrogens (tertiary/aromatic N) is 4. The highest BCUT2D eigenvalue weighted by Crippen LogP contribution is 2.40. The van der Waals surface area contributed by atoms with Crippen LogP contribution in [0.4, 0.5) is 15.8 Å². The number of rotatable bonds is 8. The number of pyridine rings is 2. The number of hydrogen-bond donors (Lipinski definition) is 0. The Kier molecular flexibility index (Phi) is 12.1. The molecule has 0 radical (unpaired) electrons. The first kappa shape index (κ1) is 41.1. The van der Waals surface area contributed by atoms with Gasteiger partial charge in [0.25, 0.3) is 0 Å². The molecule has 4 heterocycles. The van der Waals surface area contributed by atoms with Gasteiger partial charge < -0.3 is 14.5 Å². The first-order chi connectivity index (χ1) is 27.8. The Balaban J connectivity index is 0.000000177. The minimum atomic E-state index is -3.78. The number of fused-ring (bicyclic) bond motifs is 2. The van der Waals surface area contributed by atoms with Crippen molar-refractivity contribution < 1.29 is 26.0 Å². The molecule has 0 amide bonds. The molecule has 4 aromatic carbocycles. The van der Waals surface area contributed by atoms with Crippen LogP contribution in [0.3, 0.4) is 0 Å². The van der Waals surface area contributed by atoms with Gasteiger partial charge in [-0.2, -0.15) is 0 Å². The monoisotopic (exact) mass is 822 g/mol. The molecule has 0 unspecified atom stereocenters. The number of hydrogen-bond acceptors (Lipinski definition) is 9. The standard InChI is InChI=1S/C24H28N2O3S.C22H23FN2O2S/c1-4-18-5-10-22-21(15-18)24(26-13-11-17(2)12-14-26)23(16-25-22)30(27,28)20-8-6-19(29-3)7-9-20;1-15-3-6-18(7-4-15)28(26,27)21-14-24-20-8-5-17(23)13-19(20)22(21)25-11-9-16(2)10-12-25/h5-10,15-17H,4,11-14H2,1-3H3;3-8,13-14,16H,9-12H2,1-2H3. The summed E-state index contributed by atoms with van der Waals surface area (Å²) in [7, 11) is -5.94. The Morgan fingerprint density at radius 3 is 1.57 bits per heavy atom. The van der Waals surface area contributed by atoms with Crippen LogP contribution < -0.4 is 14.5 Å². The quantitative estimate of drug-likeness (QED) is 0.148. The summed E-state index contributed by atoms with van der Waals surface area (Å²) in [4.78, 5) is 14.1. The van der Waals surface area contributed by atoms with Gasteiger partial charge in [0.2, 0.25) is 19.7 Å². The van der Waals surface area contributed by atoms with E-state index in [-0.39, 0.29) is 19.6 Å². The van der Waals surface area contributed by atoms with Crippen LogP contribution in [-0.2, 0) is 26.1 Å². The zero-order valence-electron chi connectivity index (χ0n) is 33.8. The third kappa shape index (κ3) is 8.40. The van der Waals surface area contributed by atoms with Crippen molar-refractivity contribution in [2.75, 3.05) is 43.1 Å². The molecule has 0 spiro atoms. The normalized spacial score (nSPS) is 15.7. The number of piperidine rings is 2. The van der Waals surface area contributed by atoms with Crippen LogP contribution in [0.1, 0.15) is 57.6 Å². The maximum atomic E-state index is 14.0. The van der Waals surface area contributed by atoms with Crippen LogP contribution in [0.5, 0.6) is 5.75 Å². The maximum absolute atomic E-state index is 14.0. The van der Waals surface area contributed by atoms with E-state index in [1.54, 1.807) is 61.7 Å². The molecule has 304 valence electrons. The summed E-state index contributed by atoms with van der Waals surface area (Å²) >= 11 is 0. The van der Waals surface area contributed by atoms with Crippen molar-refractivity contribution in [3.8, 4) is 5.75 Å². The number of halogens is 1. The Hall–Kier alpha value is -5.07. The Morgan fingerprint density at radius 1 is 0.655 bits per heavy atom. The molecule has 0 bridgehead atoms. The van der Waals surface area contributed by atoms with Crippen LogP contribution in [0, 0.1) is 24.6 Å². The van der Waals surface area contributed by atoms with Crippen molar-refractivity contribution in [3.63, 3.8) is 0 Å². The zero-order chi connectivity index (χ0) is 41.2. The van der Waals surface area contributed by atoms with Crippen molar-refractivity contribution in [2.24, 2.45) is 11.8 Å². The highest BCUT2D eigenvalue weighted by Gasteiger charge is 2.30. The van der Waals surface area contributed by atoms with Gasteiger partial charge in [0.15, 0.2) is 0 Å². The summed E-state index contributed by atoms with van der Waals surface area (Å²) in [5.41, 5.74) is 4.94. The highest BCUT2D eigenvalue weighted by molar-refractivity contribution is 7.92. The molecule has 0 aliphatic carbocycles. The van der Waals surface area contributed by atoms with E-state index in [1.807, 2.05) is 13.0 Å². The van der Waals surface area contributed by atoms with Crippen molar-refractivity contribution >= 4 is 52.9 Å². The molecule has 0 N–H and O–H groups in total. The fourth-order valence-electron chi connectivity index (χ4n) is 7.80. The zero-order valence-corrected chi connectivity index (χ0v) is 35.4. The predicted molar refractivity (Wildman–Crippen MR) is 229 cm³/mol. The van der Waals surface area contributed by atoms with Gasteiger partial charge in [-0.05, 0) is 123 Å². The summed E-state index contributed by atoms with van der Waals surface area (Å²) < 4.78 is 73.4. The first-order valence-corrected chi connectivity index (χ1v) is 23.0. The molecule has 58 heavy (non-hydrogen) atoms. The van der Waals surface area contributed by atoms with Gasteiger partial charge in [-0.3, -0.25) is 9.97 Å². The van der Waals surface area contributed by atoms with Gasteiger partial charge in [0.05, 0.1) is 39.3 Å². The fourth-order valence-corrected chi connectivity index (χ4v) is 10.7. The second-order valence-electron chi connectivity index (χ2n) is 15.6. The first-order valence-electron chi connectivity index (χ1n) is 20.0. The second kappa shape index (κ2) is 17.0. The minimum absolute atomic E-state index is 0.143. The number of aromatic nitrogens is 2. The third-order valence-corrected chi connectivity index (χ3v) is 15.1. The van der Waals surface area contributed by atoms with E-state index >= 15 is 0 Å². The molecule has 2 aliphatic heterocycles. The predicted octanol–water partition coefficient (Wildman–Crippen LogP) is 9.63. The molecule has 0 saturated carbocycles. The third-order valence-electron chi connectivity index (χ3n) is 11.5. The molecule has 0 atom stereocenters. The van der Waals surface area contributed by atoms with Crippen molar-refractivity contribution in [3.05, 3.63) is 114 Å². The van der Waals surface area contributed by atoms with Gasteiger partial charge in [-0.1, -0.05) is 44.5 Å². The highest BCUT2D eigenvalue weighted by atomic mass is 32.2. The van der Waals surface area contributed by atoms with E-state index in [0.717, 1.165) is 80.4 Å². The minimum Gasteiger partial charge on any atom is -0.497 e. The molecule has 2 fully saturated rings. The van der Waals surface area contributed by atoms with Crippen LogP contribution in [0.25, 0.3) is 21.8 Å². The molecule has 6 aromatic rings. The number of methoxy groups -OCH3 is 1. The van der Waals surface area contributed by atoms with Gasteiger partial charge in [-0.15, -0.1) is 0 Å². The molecule has 2 saturated heterocycles. The number of aryl methyl sites for hydroxylation is 2. The van der Waals surface area contributed by atoms with Gasteiger partial charge >= 0.3 is 0 Å². The van der Waals surface area contributed by atoms with Crippen LogP contribution >= 0.6 is 0 Å². The van der Waals surface area contributed by atoms with Gasteiger partial charge in [0.1, 0.15) is 21.4 Å². The number of anilines is 2. The molecular formula is C46H51FN4O5S2. The van der Waals surface area contributed by atoms with Crippen LogP contribution in [-0.4, -0.2) is 60.1 Å². The fraction of sp³-hybridized carbons (Fsp3) is 0.348. The summed E-state index contributed by atoms with van der Waals surface area (Å²) in [5.74, 6) is 1.48. The van der Waals surface area contributed by atoms with Gasteiger partial charge in [0, 0.05) is 49.3 Å². The second-order valence-corrected chi connectivity index (χ2v) is 19.5. The number of sulfone groups is 2. The maximum Gasteiger partial charge on any atom is 0.210 e. The molecular weight excluding hydrogens is 772 g/mol. The van der Waals surface area contributed by atoms with Crippen molar-refractivity contribution in [1.82, 2.24) is 9.97 Å². The number of ether oxygens (including phenoxy) is 1. The van der Waals surface area contributed by atoms with E-state index in [1.165, 1.54) is 30.1 Å². The van der Waals surface area contributed by atoms with Crippen molar-refractivity contribution in [1.29, 1.82) is 0 Å². The molecule has 8 rings (SSSR count). The van der Waals surface area contributed by atoms with E-state index in [0.29, 0.717) is 34.2 Å². The van der Waals surface area contributed by atoms with Crippen molar-refractivity contribution in [2.45, 2.75) is 79.4 Å². The Bertz CT molecular complexity index is 2640. The van der Waals surface area contributed by atoms with E-state index in [9.17, 15) is 21.2 Å². The number of benzene rings is 4. The average Bonchev–Trinajstić information content (AvgIpc) is 3.23. The van der Waals surface area contributed by atoms with Crippen LogP contribution in [0.15, 0.2) is 117 Å². The summed E-state index contributed by atoms with van der Waals surface area (Å²) in [6, 6.07) is 23.9. The smallest absolute Gasteiger partial charge is 0.210 e. The van der Waals surface area contributed by atoms with E-state index < -0.39 is 25.5 Å². The lowest BCUT2D eigenvalue weighted by Crippen LogP contribution is -2.34. The summed E-state index contributed by atoms with van der Waals surface area (Å²) in [6.45, 7) is 11.7. The lowest BCUT2D eigenvalue weighted by molar-refractivity contribution is 0.414. The lowest BCUT2D eigenvalue weighted by Gasteiger charge is -2.34. The molecule has 9 nitrogen and oxygen atoms in total. The summed E-state index contributed by atoms with van der Waals surface area (Å²) in [6.07, 6.45) is 7.90. The van der Waals surface area contributed by atoms with Crippen LogP contribution in [0.2, 0.25) is 0 Å². The average molecular weight is 823 g/mol. The topological polar surface area (TPSA) is 110 Å². The van der Waals surface area contributed by atoms with E-state index in [2.05, 4.69) is 52.7 Å².